The molecule has 138 valence electrons. The van der Waals surface area contributed by atoms with E-state index < -0.39 is 0 Å². The van der Waals surface area contributed by atoms with Crippen LogP contribution in [0, 0.1) is 11.3 Å². The van der Waals surface area contributed by atoms with Gasteiger partial charge in [0.1, 0.15) is 17.9 Å². The predicted molar refractivity (Wildman–Crippen MR) is 112 cm³/mol. The Morgan fingerprint density at radius 1 is 1.22 bits per heavy atom. The summed E-state index contributed by atoms with van der Waals surface area (Å²) in [7, 11) is 0. The lowest BCUT2D eigenvalue weighted by molar-refractivity contribution is 0.339. The first kappa shape index (κ1) is 19.3. The number of benzene rings is 1. The summed E-state index contributed by atoms with van der Waals surface area (Å²) >= 11 is 4.99. The molecular weight excluding hydrogens is 424 g/mol. The van der Waals surface area contributed by atoms with Crippen molar-refractivity contribution in [2.75, 3.05) is 18.5 Å². The van der Waals surface area contributed by atoms with Gasteiger partial charge in [-0.3, -0.25) is 0 Å². The number of aromatic nitrogens is 2. The molecular formula is C20H19BrN4OS. The van der Waals surface area contributed by atoms with Crippen molar-refractivity contribution in [3.05, 3.63) is 57.6 Å². The highest BCUT2D eigenvalue weighted by Gasteiger charge is 2.13. The van der Waals surface area contributed by atoms with Crippen molar-refractivity contribution in [1.82, 2.24) is 9.97 Å². The average Bonchev–Trinajstić information content (AvgIpc) is 3.07. The summed E-state index contributed by atoms with van der Waals surface area (Å²) in [6, 6.07) is 14.4. The van der Waals surface area contributed by atoms with Crippen LogP contribution in [0.15, 0.2) is 47.2 Å². The van der Waals surface area contributed by atoms with Gasteiger partial charge in [0.05, 0.1) is 34.5 Å². The normalized spacial score (nSPS) is 10.4. The summed E-state index contributed by atoms with van der Waals surface area (Å²) in [4.78, 5) is 10.6. The summed E-state index contributed by atoms with van der Waals surface area (Å²) in [6.07, 6.45) is 2.80. The van der Waals surface area contributed by atoms with Crippen molar-refractivity contribution in [3.8, 4) is 22.4 Å². The highest BCUT2D eigenvalue weighted by Crippen LogP contribution is 2.36. The van der Waals surface area contributed by atoms with Crippen LogP contribution in [0.5, 0.6) is 5.75 Å². The Morgan fingerprint density at radius 2 is 2.04 bits per heavy atom. The highest BCUT2D eigenvalue weighted by molar-refractivity contribution is 9.10. The summed E-state index contributed by atoms with van der Waals surface area (Å²) in [5.41, 5.74) is 2.09. The van der Waals surface area contributed by atoms with Crippen LogP contribution in [0.1, 0.15) is 17.4 Å². The Morgan fingerprint density at radius 3 is 2.78 bits per heavy atom. The third-order valence-electron chi connectivity index (χ3n) is 3.86. The Bertz CT molecular complexity index is 934. The fourth-order valence-corrected chi connectivity index (χ4v) is 3.85. The summed E-state index contributed by atoms with van der Waals surface area (Å²) in [5, 5.41) is 12.4. The van der Waals surface area contributed by atoms with Gasteiger partial charge in [0, 0.05) is 23.2 Å². The number of thiophene rings is 1. The Labute approximate surface area is 171 Å². The molecule has 3 rings (SSSR count). The molecule has 0 fully saturated rings. The molecule has 2 aromatic heterocycles. The van der Waals surface area contributed by atoms with Gasteiger partial charge in [-0.25, -0.2) is 9.97 Å². The van der Waals surface area contributed by atoms with E-state index in [0.29, 0.717) is 13.0 Å². The van der Waals surface area contributed by atoms with E-state index in [1.165, 1.54) is 16.9 Å². The zero-order valence-electron chi connectivity index (χ0n) is 14.9. The van der Waals surface area contributed by atoms with Crippen LogP contribution in [-0.4, -0.2) is 23.1 Å². The van der Waals surface area contributed by atoms with E-state index >= 15 is 0 Å². The summed E-state index contributed by atoms with van der Waals surface area (Å²) in [5.74, 6) is 1.55. The maximum atomic E-state index is 9.01. The fraction of sp³-hybridized carbons (Fsp3) is 0.250. The first-order valence-corrected chi connectivity index (χ1v) is 10.2. The van der Waals surface area contributed by atoms with Gasteiger partial charge in [0.2, 0.25) is 0 Å². The molecule has 0 amide bonds. The van der Waals surface area contributed by atoms with Gasteiger partial charge in [0.15, 0.2) is 0 Å². The van der Waals surface area contributed by atoms with Crippen LogP contribution in [0.25, 0.3) is 10.6 Å². The number of halogens is 1. The number of hydrogen-bond acceptors (Lipinski definition) is 6. The maximum Gasteiger partial charge on any atom is 0.134 e. The third-order valence-corrected chi connectivity index (χ3v) is 5.53. The number of anilines is 1. The van der Waals surface area contributed by atoms with Crippen LogP contribution in [0.3, 0.4) is 0 Å². The Hall–Kier alpha value is -2.43. The number of hydrogen-bond donors (Lipinski definition) is 1. The molecule has 0 aliphatic carbocycles. The number of rotatable bonds is 8. The zero-order chi connectivity index (χ0) is 19.1. The largest absolute Gasteiger partial charge is 0.493 e. The SMILES string of the molecule is CCOc1cc(-c2cc(NCCc3ccc(Br)cc3)ncn2)sc1CC#N. The number of nitrogens with one attached hydrogen (secondary N) is 1. The second-order valence-corrected chi connectivity index (χ2v) is 7.81. The smallest absolute Gasteiger partial charge is 0.134 e. The van der Waals surface area contributed by atoms with E-state index in [2.05, 4.69) is 49.4 Å². The van der Waals surface area contributed by atoms with Crippen molar-refractivity contribution >= 4 is 33.1 Å². The summed E-state index contributed by atoms with van der Waals surface area (Å²) in [6.45, 7) is 3.29. The molecule has 0 atom stereocenters. The van der Waals surface area contributed by atoms with E-state index in [-0.39, 0.29) is 0 Å². The Balaban J connectivity index is 1.69. The predicted octanol–water partition coefficient (Wildman–Crippen LogP) is 5.09. The third kappa shape index (κ3) is 5.28. The van der Waals surface area contributed by atoms with Crippen molar-refractivity contribution in [2.45, 2.75) is 19.8 Å². The molecule has 5 nitrogen and oxygen atoms in total. The molecule has 0 spiro atoms. The van der Waals surface area contributed by atoms with E-state index in [0.717, 1.165) is 44.5 Å². The molecule has 7 heteroatoms. The highest BCUT2D eigenvalue weighted by atomic mass is 79.9. The first-order chi connectivity index (χ1) is 13.2. The van der Waals surface area contributed by atoms with Crippen LogP contribution in [-0.2, 0) is 12.8 Å². The molecule has 3 aromatic rings. The average molecular weight is 443 g/mol. The minimum atomic E-state index is 0.337. The van der Waals surface area contributed by atoms with Crippen LogP contribution in [0.2, 0.25) is 0 Å². The van der Waals surface area contributed by atoms with Gasteiger partial charge in [-0.05, 0) is 31.0 Å². The lowest BCUT2D eigenvalue weighted by atomic mass is 10.1. The van der Waals surface area contributed by atoms with Gasteiger partial charge in [-0.2, -0.15) is 5.26 Å². The van der Waals surface area contributed by atoms with Gasteiger partial charge >= 0.3 is 0 Å². The van der Waals surface area contributed by atoms with Crippen molar-refractivity contribution in [1.29, 1.82) is 5.26 Å². The molecule has 0 unspecified atom stereocenters. The van der Waals surface area contributed by atoms with E-state index in [1.807, 2.05) is 31.2 Å². The Kier molecular flexibility index (Phi) is 6.80. The quantitative estimate of drug-likeness (QED) is 0.525. The standard InChI is InChI=1S/C20H19BrN4OS/c1-2-26-17-12-19(27-18(17)7-9-22)16-11-20(25-13-24-16)23-10-8-14-3-5-15(21)6-4-14/h3-6,11-13H,2,7-8,10H2,1H3,(H,23,24,25). The molecule has 0 bridgehead atoms. The molecule has 1 aromatic carbocycles. The minimum absolute atomic E-state index is 0.337. The van der Waals surface area contributed by atoms with E-state index in [9.17, 15) is 0 Å². The molecule has 2 heterocycles. The van der Waals surface area contributed by atoms with Crippen LogP contribution in [0.4, 0.5) is 5.82 Å². The molecule has 0 radical (unpaired) electrons. The van der Waals surface area contributed by atoms with Crippen LogP contribution < -0.4 is 10.1 Å². The molecule has 0 aliphatic heterocycles. The minimum Gasteiger partial charge on any atom is -0.493 e. The number of ether oxygens (including phenoxy) is 1. The lowest BCUT2D eigenvalue weighted by Gasteiger charge is -2.06. The monoisotopic (exact) mass is 442 g/mol. The van der Waals surface area contributed by atoms with E-state index in [4.69, 9.17) is 10.00 Å². The number of nitriles is 1. The first-order valence-electron chi connectivity index (χ1n) is 8.62. The summed E-state index contributed by atoms with van der Waals surface area (Å²) < 4.78 is 6.72. The molecule has 0 saturated carbocycles. The van der Waals surface area contributed by atoms with Gasteiger partial charge < -0.3 is 10.1 Å². The van der Waals surface area contributed by atoms with Crippen molar-refractivity contribution in [3.63, 3.8) is 0 Å². The number of nitrogens with zero attached hydrogens (tertiary/aromatic N) is 3. The van der Waals surface area contributed by atoms with Gasteiger partial charge in [0.25, 0.3) is 0 Å². The van der Waals surface area contributed by atoms with Gasteiger partial charge in [-0.1, -0.05) is 28.1 Å². The fourth-order valence-electron chi connectivity index (χ4n) is 2.59. The zero-order valence-corrected chi connectivity index (χ0v) is 17.3. The molecule has 0 aliphatic rings. The molecule has 1 N–H and O–H groups in total. The lowest BCUT2D eigenvalue weighted by Crippen LogP contribution is -2.06. The van der Waals surface area contributed by atoms with E-state index in [1.54, 1.807) is 6.33 Å². The van der Waals surface area contributed by atoms with Crippen molar-refractivity contribution < 1.29 is 4.74 Å². The second-order valence-electron chi connectivity index (χ2n) is 5.76. The van der Waals surface area contributed by atoms with Gasteiger partial charge in [-0.15, -0.1) is 11.3 Å². The molecule has 0 saturated heterocycles. The van der Waals surface area contributed by atoms with Crippen molar-refractivity contribution in [2.24, 2.45) is 0 Å². The maximum absolute atomic E-state index is 9.01. The van der Waals surface area contributed by atoms with Crippen LogP contribution >= 0.6 is 27.3 Å². The molecule has 27 heavy (non-hydrogen) atoms. The topological polar surface area (TPSA) is 70.8 Å². The second kappa shape index (κ2) is 9.49.